The van der Waals surface area contributed by atoms with E-state index >= 15 is 0 Å². The van der Waals surface area contributed by atoms with Gasteiger partial charge >= 0.3 is 0 Å². The lowest BCUT2D eigenvalue weighted by Crippen LogP contribution is -2.29. The molecular formula is C21H23N3O2S. The van der Waals surface area contributed by atoms with Crippen LogP contribution in [0.25, 0.3) is 11.4 Å². The molecule has 140 valence electrons. The van der Waals surface area contributed by atoms with E-state index in [1.54, 1.807) is 24.3 Å². The van der Waals surface area contributed by atoms with Gasteiger partial charge in [-0.2, -0.15) is 0 Å². The molecule has 0 atom stereocenters. The number of hydrogen-bond acceptors (Lipinski definition) is 4. The number of H-pyrrole nitrogens is 1. The number of nitrogens with one attached hydrogen (secondary N) is 1. The Balaban J connectivity index is 1.77. The lowest BCUT2D eigenvalue weighted by Gasteiger charge is -2.26. The summed E-state index contributed by atoms with van der Waals surface area (Å²) in [5.41, 5.74) is 1.55. The van der Waals surface area contributed by atoms with Crippen molar-refractivity contribution in [2.75, 3.05) is 13.1 Å². The van der Waals surface area contributed by atoms with Crippen molar-refractivity contribution in [3.63, 3.8) is 0 Å². The number of nitrogens with zero attached hydrogens (tertiary/aromatic N) is 2. The van der Waals surface area contributed by atoms with Crippen molar-refractivity contribution in [1.82, 2.24) is 14.9 Å². The number of piperidine rings is 1. The Hall–Kier alpha value is -2.44. The Labute approximate surface area is 160 Å². The van der Waals surface area contributed by atoms with Crippen molar-refractivity contribution >= 4 is 9.84 Å². The lowest BCUT2D eigenvalue weighted by molar-refractivity contribution is 0.217. The summed E-state index contributed by atoms with van der Waals surface area (Å²) >= 11 is 0. The van der Waals surface area contributed by atoms with Crippen LogP contribution in [0.15, 0.2) is 70.6 Å². The second-order valence-corrected chi connectivity index (χ2v) is 8.75. The highest BCUT2D eigenvalue weighted by Gasteiger charge is 2.27. The number of rotatable bonds is 5. The topological polar surface area (TPSA) is 66.1 Å². The van der Waals surface area contributed by atoms with Crippen LogP contribution in [0.1, 0.15) is 25.0 Å². The van der Waals surface area contributed by atoms with E-state index in [1.165, 1.54) is 6.42 Å². The van der Waals surface area contributed by atoms with Gasteiger partial charge in [-0.25, -0.2) is 13.4 Å². The minimum atomic E-state index is -3.68. The maximum atomic E-state index is 13.2. The van der Waals surface area contributed by atoms with Crippen LogP contribution < -0.4 is 0 Å². The van der Waals surface area contributed by atoms with Crippen LogP contribution in [-0.4, -0.2) is 36.4 Å². The van der Waals surface area contributed by atoms with Crippen LogP contribution in [-0.2, 0) is 16.4 Å². The standard InChI is InChI=1S/C21H23N3O2S/c25-27(26,18-12-6-2-7-13-18)21-19(16-24-14-8-3-9-15-24)22-20(23-21)17-10-4-1-5-11-17/h1-2,4-7,10-13H,3,8-9,14-16H2,(H,22,23). The van der Waals surface area contributed by atoms with Crippen molar-refractivity contribution in [1.29, 1.82) is 0 Å². The Kier molecular flexibility index (Phi) is 5.09. The molecule has 2 heterocycles. The first kappa shape index (κ1) is 17.9. The fourth-order valence-corrected chi connectivity index (χ4v) is 4.90. The monoisotopic (exact) mass is 381 g/mol. The zero-order valence-electron chi connectivity index (χ0n) is 15.1. The van der Waals surface area contributed by atoms with Gasteiger partial charge in [-0.3, -0.25) is 4.90 Å². The summed E-state index contributed by atoms with van der Waals surface area (Å²) in [6.07, 6.45) is 3.55. The zero-order chi connectivity index (χ0) is 18.7. The van der Waals surface area contributed by atoms with Crippen LogP contribution in [0.3, 0.4) is 0 Å². The van der Waals surface area contributed by atoms with Crippen LogP contribution in [0, 0.1) is 0 Å². The molecular weight excluding hydrogens is 358 g/mol. The highest BCUT2D eigenvalue weighted by atomic mass is 32.2. The number of likely N-dealkylation sites (tertiary alicyclic amines) is 1. The molecule has 0 aliphatic carbocycles. The second kappa shape index (κ2) is 7.66. The molecule has 1 fully saturated rings. The predicted octanol–water partition coefficient (Wildman–Crippen LogP) is 3.90. The Morgan fingerprint density at radius 2 is 1.52 bits per heavy atom. The van der Waals surface area contributed by atoms with E-state index in [4.69, 9.17) is 0 Å². The van der Waals surface area contributed by atoms with E-state index < -0.39 is 9.84 Å². The van der Waals surface area contributed by atoms with Gasteiger partial charge in [-0.05, 0) is 38.1 Å². The molecule has 0 bridgehead atoms. The van der Waals surface area contributed by atoms with Gasteiger partial charge in [0.05, 0.1) is 10.6 Å². The maximum Gasteiger partial charge on any atom is 0.225 e. The molecule has 27 heavy (non-hydrogen) atoms. The fourth-order valence-electron chi connectivity index (χ4n) is 3.51. The minimum Gasteiger partial charge on any atom is -0.340 e. The largest absolute Gasteiger partial charge is 0.340 e. The minimum absolute atomic E-state index is 0.137. The van der Waals surface area contributed by atoms with Gasteiger partial charge in [-0.1, -0.05) is 55.0 Å². The highest BCUT2D eigenvalue weighted by molar-refractivity contribution is 7.91. The molecule has 6 heteroatoms. The SMILES string of the molecule is O=S(=O)(c1ccccc1)c1nc(-c2ccccc2)[nH]c1CN1CCCCC1. The molecule has 1 N–H and O–H groups in total. The first-order valence-corrected chi connectivity index (χ1v) is 10.8. The summed E-state index contributed by atoms with van der Waals surface area (Å²) in [5.74, 6) is 0.595. The van der Waals surface area contributed by atoms with Gasteiger partial charge < -0.3 is 4.98 Å². The number of aromatic nitrogens is 2. The highest BCUT2D eigenvalue weighted by Crippen LogP contribution is 2.27. The number of sulfone groups is 1. The quantitative estimate of drug-likeness (QED) is 0.728. The second-order valence-electron chi connectivity index (χ2n) is 6.89. The van der Waals surface area contributed by atoms with E-state index in [-0.39, 0.29) is 9.92 Å². The van der Waals surface area contributed by atoms with E-state index in [1.807, 2.05) is 36.4 Å². The molecule has 3 aromatic rings. The third-order valence-corrected chi connectivity index (χ3v) is 6.67. The molecule has 0 amide bonds. The van der Waals surface area contributed by atoms with Gasteiger partial charge in [0.1, 0.15) is 5.82 Å². The Bertz CT molecular complexity index is 992. The van der Waals surface area contributed by atoms with Gasteiger partial charge in [-0.15, -0.1) is 0 Å². The van der Waals surface area contributed by atoms with Crippen LogP contribution in [0.4, 0.5) is 0 Å². The average Bonchev–Trinajstić information content (AvgIpc) is 3.15. The zero-order valence-corrected chi connectivity index (χ0v) is 16.0. The Morgan fingerprint density at radius 1 is 0.889 bits per heavy atom. The average molecular weight is 382 g/mol. The van der Waals surface area contributed by atoms with E-state index in [2.05, 4.69) is 14.9 Å². The van der Waals surface area contributed by atoms with Crippen LogP contribution >= 0.6 is 0 Å². The van der Waals surface area contributed by atoms with Crippen molar-refractivity contribution in [3.8, 4) is 11.4 Å². The predicted molar refractivity (Wildman–Crippen MR) is 105 cm³/mol. The van der Waals surface area contributed by atoms with Gasteiger partial charge in [0.25, 0.3) is 0 Å². The third kappa shape index (κ3) is 3.82. The smallest absolute Gasteiger partial charge is 0.225 e. The van der Waals surface area contributed by atoms with E-state index in [0.717, 1.165) is 31.5 Å². The van der Waals surface area contributed by atoms with Gasteiger partial charge in [0.2, 0.25) is 9.84 Å². The number of benzene rings is 2. The van der Waals surface area contributed by atoms with Crippen LogP contribution in [0.5, 0.6) is 0 Å². The molecule has 2 aromatic carbocycles. The molecule has 1 aromatic heterocycles. The summed E-state index contributed by atoms with van der Waals surface area (Å²) in [4.78, 5) is 10.4. The van der Waals surface area contributed by atoms with E-state index in [0.29, 0.717) is 18.1 Å². The number of hydrogen-bond donors (Lipinski definition) is 1. The normalized spacial score (nSPS) is 15.7. The number of aromatic amines is 1. The molecule has 1 aliphatic rings. The van der Waals surface area contributed by atoms with Crippen molar-refractivity contribution in [3.05, 3.63) is 66.4 Å². The van der Waals surface area contributed by atoms with E-state index in [9.17, 15) is 8.42 Å². The summed E-state index contributed by atoms with van der Waals surface area (Å²) in [7, 11) is -3.68. The number of imidazole rings is 1. The molecule has 0 spiro atoms. The molecule has 0 saturated carbocycles. The summed E-state index contributed by atoms with van der Waals surface area (Å²) in [6.45, 7) is 2.55. The van der Waals surface area contributed by atoms with Crippen molar-refractivity contribution < 1.29 is 8.42 Å². The maximum absolute atomic E-state index is 13.2. The van der Waals surface area contributed by atoms with Crippen molar-refractivity contribution in [2.24, 2.45) is 0 Å². The fraction of sp³-hybridized carbons (Fsp3) is 0.286. The third-order valence-electron chi connectivity index (χ3n) is 4.93. The van der Waals surface area contributed by atoms with Gasteiger partial charge in [0.15, 0.2) is 5.03 Å². The summed E-state index contributed by atoms with van der Waals surface area (Å²) in [5, 5.41) is 0.137. The molecule has 0 unspecified atom stereocenters. The first-order valence-electron chi connectivity index (χ1n) is 9.31. The molecule has 0 radical (unpaired) electrons. The summed E-state index contributed by atoms with van der Waals surface area (Å²) < 4.78 is 26.5. The molecule has 5 nitrogen and oxygen atoms in total. The lowest BCUT2D eigenvalue weighted by atomic mass is 10.1. The van der Waals surface area contributed by atoms with Gasteiger partial charge in [0, 0.05) is 12.1 Å². The first-order chi connectivity index (χ1) is 13.1. The Morgan fingerprint density at radius 3 is 2.19 bits per heavy atom. The summed E-state index contributed by atoms with van der Waals surface area (Å²) in [6, 6.07) is 18.2. The van der Waals surface area contributed by atoms with Crippen LogP contribution in [0.2, 0.25) is 0 Å². The van der Waals surface area contributed by atoms with Crippen molar-refractivity contribution in [2.45, 2.75) is 35.7 Å². The molecule has 1 saturated heterocycles. The molecule has 1 aliphatic heterocycles. The molecule has 4 rings (SSSR count).